The zero-order chi connectivity index (χ0) is 13.8. The number of thiocarbonyl (C=S) groups is 1. The molecule has 0 saturated carbocycles. The third-order valence-corrected chi connectivity index (χ3v) is 3.35. The van der Waals surface area contributed by atoms with E-state index in [0.29, 0.717) is 11.1 Å². The van der Waals surface area contributed by atoms with Gasteiger partial charge in [-0.25, -0.2) is 8.42 Å². The molecule has 0 aromatic heterocycles. The number of sulfone groups is 1. The molecule has 98 valence electrons. The topological polar surface area (TPSA) is 89.3 Å². The van der Waals surface area contributed by atoms with Crippen LogP contribution >= 0.6 is 12.2 Å². The molecule has 0 aliphatic carbocycles. The number of nitrogens with two attached hydrogens (primary N) is 1. The van der Waals surface area contributed by atoms with E-state index >= 15 is 0 Å². The van der Waals surface area contributed by atoms with Crippen LogP contribution in [0.1, 0.15) is 15.9 Å². The number of amides is 1. The quantitative estimate of drug-likeness (QED) is 0.749. The average Bonchev–Trinajstić information content (AvgIpc) is 2.27. The number of rotatable bonds is 5. The molecule has 5 nitrogen and oxygen atoms in total. The van der Waals surface area contributed by atoms with Crippen LogP contribution in [0.5, 0.6) is 0 Å². The number of benzene rings is 1. The molecule has 0 fully saturated rings. The van der Waals surface area contributed by atoms with Gasteiger partial charge in [0, 0.05) is 23.9 Å². The molecule has 1 rings (SSSR count). The van der Waals surface area contributed by atoms with Crippen LogP contribution in [0.4, 0.5) is 0 Å². The lowest BCUT2D eigenvalue weighted by Crippen LogP contribution is -2.29. The zero-order valence-corrected chi connectivity index (χ0v) is 11.5. The first-order valence-corrected chi connectivity index (χ1v) is 7.62. The van der Waals surface area contributed by atoms with E-state index < -0.39 is 9.84 Å². The highest BCUT2D eigenvalue weighted by Gasteiger charge is 2.08. The van der Waals surface area contributed by atoms with E-state index in [1.54, 1.807) is 24.3 Å². The van der Waals surface area contributed by atoms with Crippen molar-refractivity contribution < 1.29 is 13.2 Å². The first-order chi connectivity index (χ1) is 8.29. The van der Waals surface area contributed by atoms with Crippen molar-refractivity contribution in [3.8, 4) is 0 Å². The lowest BCUT2D eigenvalue weighted by atomic mass is 10.1. The number of hydrogen-bond donors (Lipinski definition) is 2. The Balaban J connectivity index is 2.67. The fourth-order valence-electron chi connectivity index (χ4n) is 1.27. The molecule has 0 saturated heterocycles. The van der Waals surface area contributed by atoms with Crippen LogP contribution < -0.4 is 11.1 Å². The molecule has 1 aromatic rings. The fraction of sp³-hybridized carbons (Fsp3) is 0.273. The second-order valence-electron chi connectivity index (χ2n) is 3.83. The first kappa shape index (κ1) is 14.6. The minimum Gasteiger partial charge on any atom is -0.389 e. The zero-order valence-electron chi connectivity index (χ0n) is 9.84. The van der Waals surface area contributed by atoms with Crippen molar-refractivity contribution in [1.82, 2.24) is 5.32 Å². The Morgan fingerprint density at radius 3 is 2.56 bits per heavy atom. The van der Waals surface area contributed by atoms with Gasteiger partial charge in [0.15, 0.2) is 0 Å². The van der Waals surface area contributed by atoms with Gasteiger partial charge >= 0.3 is 0 Å². The third-order valence-electron chi connectivity index (χ3n) is 2.17. The van der Waals surface area contributed by atoms with E-state index in [2.05, 4.69) is 5.32 Å². The molecule has 7 heteroatoms. The van der Waals surface area contributed by atoms with Crippen molar-refractivity contribution in [2.45, 2.75) is 0 Å². The largest absolute Gasteiger partial charge is 0.389 e. The van der Waals surface area contributed by atoms with E-state index in [-0.39, 0.29) is 23.2 Å². The van der Waals surface area contributed by atoms with Gasteiger partial charge < -0.3 is 11.1 Å². The molecular weight excluding hydrogens is 272 g/mol. The molecule has 1 amide bonds. The summed E-state index contributed by atoms with van der Waals surface area (Å²) >= 11 is 4.81. The summed E-state index contributed by atoms with van der Waals surface area (Å²) in [5.74, 6) is -0.440. The van der Waals surface area contributed by atoms with Crippen LogP contribution in [-0.2, 0) is 9.84 Å². The van der Waals surface area contributed by atoms with Gasteiger partial charge in [-0.3, -0.25) is 4.79 Å². The molecular formula is C11H14N2O3S2. The summed E-state index contributed by atoms with van der Waals surface area (Å²) in [6.45, 7) is 0.0783. The van der Waals surface area contributed by atoms with Gasteiger partial charge in [-0.2, -0.15) is 0 Å². The van der Waals surface area contributed by atoms with Gasteiger partial charge in [0.1, 0.15) is 14.8 Å². The second kappa shape index (κ2) is 5.92. The number of nitrogens with one attached hydrogen (secondary N) is 1. The standard InChI is InChI=1S/C11H14N2O3S2/c1-18(15,16)6-5-13-11(14)9-4-2-3-8(7-9)10(12)17/h2-4,7H,5-6H2,1H3,(H2,12,17)(H,13,14). The monoisotopic (exact) mass is 286 g/mol. The summed E-state index contributed by atoms with van der Waals surface area (Å²) in [7, 11) is -3.08. The van der Waals surface area contributed by atoms with Crippen LogP contribution in [0.15, 0.2) is 24.3 Å². The average molecular weight is 286 g/mol. The van der Waals surface area contributed by atoms with Crippen LogP contribution in [0.25, 0.3) is 0 Å². The Kier molecular flexibility index (Phi) is 4.80. The second-order valence-corrected chi connectivity index (χ2v) is 6.53. The molecule has 0 atom stereocenters. The molecule has 1 aromatic carbocycles. The summed E-state index contributed by atoms with van der Waals surface area (Å²) in [4.78, 5) is 11.9. The van der Waals surface area contributed by atoms with Crippen molar-refractivity contribution in [2.24, 2.45) is 5.73 Å². The van der Waals surface area contributed by atoms with Crippen LogP contribution in [0, 0.1) is 0 Å². The Morgan fingerprint density at radius 2 is 2.00 bits per heavy atom. The molecule has 0 spiro atoms. The van der Waals surface area contributed by atoms with E-state index in [0.717, 1.165) is 6.26 Å². The van der Waals surface area contributed by atoms with Gasteiger partial charge in [0.05, 0.1) is 5.75 Å². The predicted molar refractivity (Wildman–Crippen MR) is 74.4 cm³/mol. The van der Waals surface area contributed by atoms with Crippen molar-refractivity contribution >= 4 is 33.0 Å². The highest BCUT2D eigenvalue weighted by molar-refractivity contribution is 7.90. The SMILES string of the molecule is CS(=O)(=O)CCNC(=O)c1cccc(C(N)=S)c1. The molecule has 0 radical (unpaired) electrons. The molecule has 3 N–H and O–H groups in total. The minimum atomic E-state index is -3.08. The Bertz CT molecular complexity index is 567. The van der Waals surface area contributed by atoms with E-state index in [1.165, 1.54) is 0 Å². The summed E-state index contributed by atoms with van der Waals surface area (Å²) in [5.41, 5.74) is 6.46. The summed E-state index contributed by atoms with van der Waals surface area (Å²) in [6, 6.07) is 6.55. The smallest absolute Gasteiger partial charge is 0.251 e. The van der Waals surface area contributed by atoms with Crippen LogP contribution in [0.2, 0.25) is 0 Å². The Morgan fingerprint density at radius 1 is 1.39 bits per heavy atom. The van der Waals surface area contributed by atoms with Gasteiger partial charge in [-0.05, 0) is 12.1 Å². The van der Waals surface area contributed by atoms with Crippen molar-refractivity contribution in [2.75, 3.05) is 18.6 Å². The molecule has 0 aliphatic heterocycles. The van der Waals surface area contributed by atoms with Gasteiger partial charge in [-0.1, -0.05) is 24.4 Å². The molecule has 0 aliphatic rings. The molecule has 0 bridgehead atoms. The fourth-order valence-corrected chi connectivity index (χ4v) is 1.87. The summed E-state index contributed by atoms with van der Waals surface area (Å²) in [5, 5.41) is 2.52. The summed E-state index contributed by atoms with van der Waals surface area (Å²) < 4.78 is 21.8. The van der Waals surface area contributed by atoms with Crippen LogP contribution in [-0.4, -0.2) is 37.9 Å². The maximum absolute atomic E-state index is 11.7. The molecule has 0 heterocycles. The third kappa shape index (κ3) is 4.80. The maximum Gasteiger partial charge on any atom is 0.251 e. The van der Waals surface area contributed by atoms with Gasteiger partial charge in [-0.15, -0.1) is 0 Å². The summed E-state index contributed by atoms with van der Waals surface area (Å²) in [6.07, 6.45) is 1.12. The van der Waals surface area contributed by atoms with Crippen molar-refractivity contribution in [3.05, 3.63) is 35.4 Å². The number of hydrogen-bond acceptors (Lipinski definition) is 4. The maximum atomic E-state index is 11.7. The van der Waals surface area contributed by atoms with E-state index in [1.807, 2.05) is 0 Å². The lowest BCUT2D eigenvalue weighted by Gasteiger charge is -2.05. The van der Waals surface area contributed by atoms with Crippen molar-refractivity contribution in [3.63, 3.8) is 0 Å². The molecule has 0 unspecified atom stereocenters. The highest BCUT2D eigenvalue weighted by atomic mass is 32.2. The Labute approximate surface area is 111 Å². The minimum absolute atomic E-state index is 0.0783. The number of carbonyl (C=O) groups is 1. The van der Waals surface area contributed by atoms with Gasteiger partial charge in [0.25, 0.3) is 5.91 Å². The van der Waals surface area contributed by atoms with E-state index in [4.69, 9.17) is 18.0 Å². The van der Waals surface area contributed by atoms with Gasteiger partial charge in [0.2, 0.25) is 0 Å². The lowest BCUT2D eigenvalue weighted by molar-refractivity contribution is 0.0956. The predicted octanol–water partition coefficient (Wildman–Crippen LogP) is 0.0952. The highest BCUT2D eigenvalue weighted by Crippen LogP contribution is 2.05. The van der Waals surface area contributed by atoms with Crippen LogP contribution in [0.3, 0.4) is 0 Å². The van der Waals surface area contributed by atoms with E-state index in [9.17, 15) is 13.2 Å². The Hall–Kier alpha value is -1.47. The normalized spacial score (nSPS) is 10.9. The molecule has 18 heavy (non-hydrogen) atoms. The first-order valence-electron chi connectivity index (χ1n) is 5.15. The number of carbonyl (C=O) groups excluding carboxylic acids is 1. The van der Waals surface area contributed by atoms with Crippen molar-refractivity contribution in [1.29, 1.82) is 0 Å².